The monoisotopic (exact) mass is 512 g/mol. The fourth-order valence-electron chi connectivity index (χ4n) is 3.80. The van der Waals surface area contributed by atoms with Gasteiger partial charge >= 0.3 is 12.1 Å². The minimum absolute atomic E-state index is 0.0583. The minimum atomic E-state index is -4.92. The molecule has 1 aliphatic rings. The molecule has 4 rings (SSSR count). The molecule has 1 aromatic heterocycles. The molecule has 0 spiro atoms. The van der Waals surface area contributed by atoms with Crippen LogP contribution in [0, 0.1) is 0 Å². The van der Waals surface area contributed by atoms with Crippen LogP contribution in [0.4, 0.5) is 13.2 Å². The van der Waals surface area contributed by atoms with Crippen molar-refractivity contribution in [1.82, 2.24) is 15.6 Å². The summed E-state index contributed by atoms with van der Waals surface area (Å²) in [5, 5.41) is 6.20. The SMILES string of the molecule is COc1cccc(OCCCNC(=O)C(F)(F)F)c1C1=CC(NC(=O)c2nccc3ccccc23)=NC1. The number of nitrogens with one attached hydrogen (secondary N) is 2. The molecule has 1 aliphatic heterocycles. The molecule has 37 heavy (non-hydrogen) atoms. The van der Waals surface area contributed by atoms with Crippen LogP contribution in [0.1, 0.15) is 22.5 Å². The molecule has 0 bridgehead atoms. The van der Waals surface area contributed by atoms with Crippen molar-refractivity contribution in [3.63, 3.8) is 0 Å². The lowest BCUT2D eigenvalue weighted by Gasteiger charge is -2.15. The first-order valence-corrected chi connectivity index (χ1v) is 11.3. The number of rotatable bonds is 8. The van der Waals surface area contributed by atoms with Crippen molar-refractivity contribution < 1.29 is 32.2 Å². The zero-order valence-corrected chi connectivity index (χ0v) is 19.8. The predicted octanol–water partition coefficient (Wildman–Crippen LogP) is 3.92. The Morgan fingerprint density at radius 2 is 1.84 bits per heavy atom. The molecule has 2 heterocycles. The van der Waals surface area contributed by atoms with Gasteiger partial charge < -0.3 is 20.1 Å². The summed E-state index contributed by atoms with van der Waals surface area (Å²) >= 11 is 0. The highest BCUT2D eigenvalue weighted by Crippen LogP contribution is 2.36. The summed E-state index contributed by atoms with van der Waals surface area (Å²) in [5.74, 6) is -1.10. The van der Waals surface area contributed by atoms with Gasteiger partial charge in [0.15, 0.2) is 0 Å². The first-order chi connectivity index (χ1) is 17.8. The Labute approximate surface area is 210 Å². The number of ether oxygens (including phenoxy) is 2. The normalized spacial score (nSPS) is 13.1. The van der Waals surface area contributed by atoms with Gasteiger partial charge in [-0.3, -0.25) is 19.6 Å². The van der Waals surface area contributed by atoms with Crippen LogP contribution in [-0.4, -0.2) is 55.6 Å². The molecule has 0 unspecified atom stereocenters. The fraction of sp³-hybridized carbons (Fsp3) is 0.231. The van der Waals surface area contributed by atoms with E-state index < -0.39 is 18.0 Å². The van der Waals surface area contributed by atoms with Gasteiger partial charge in [-0.1, -0.05) is 30.3 Å². The predicted molar refractivity (Wildman–Crippen MR) is 132 cm³/mol. The number of pyridine rings is 1. The van der Waals surface area contributed by atoms with Crippen LogP contribution < -0.4 is 20.1 Å². The molecule has 11 heteroatoms. The smallest absolute Gasteiger partial charge is 0.471 e. The average molecular weight is 512 g/mol. The molecule has 0 radical (unpaired) electrons. The summed E-state index contributed by atoms with van der Waals surface area (Å²) in [4.78, 5) is 32.5. The van der Waals surface area contributed by atoms with Gasteiger partial charge in [0, 0.05) is 18.1 Å². The molecular formula is C26H23F3N4O4. The molecule has 0 saturated carbocycles. The van der Waals surface area contributed by atoms with Crippen molar-refractivity contribution >= 4 is 34.0 Å². The molecule has 8 nitrogen and oxygen atoms in total. The number of hydrogen-bond donors (Lipinski definition) is 2. The molecule has 0 aliphatic carbocycles. The number of hydrogen-bond acceptors (Lipinski definition) is 6. The lowest BCUT2D eigenvalue weighted by molar-refractivity contribution is -0.173. The molecule has 0 atom stereocenters. The third-order valence-corrected chi connectivity index (χ3v) is 5.51. The molecule has 2 aromatic carbocycles. The Morgan fingerprint density at radius 1 is 1.05 bits per heavy atom. The van der Waals surface area contributed by atoms with Crippen molar-refractivity contribution in [2.45, 2.75) is 12.6 Å². The van der Waals surface area contributed by atoms with E-state index in [-0.39, 0.29) is 31.8 Å². The number of amidine groups is 1. The first-order valence-electron chi connectivity index (χ1n) is 11.3. The molecule has 0 saturated heterocycles. The van der Waals surface area contributed by atoms with Crippen LogP contribution in [0.3, 0.4) is 0 Å². The minimum Gasteiger partial charge on any atom is -0.496 e. The van der Waals surface area contributed by atoms with Gasteiger partial charge in [-0.2, -0.15) is 13.2 Å². The maximum absolute atomic E-state index is 12.9. The van der Waals surface area contributed by atoms with Gasteiger partial charge in [0.25, 0.3) is 5.91 Å². The number of methoxy groups -OCH3 is 1. The zero-order chi connectivity index (χ0) is 26.4. The number of nitrogens with zero attached hydrogens (tertiary/aromatic N) is 2. The van der Waals surface area contributed by atoms with E-state index in [0.29, 0.717) is 22.9 Å². The number of benzene rings is 2. The second-order valence-corrected chi connectivity index (χ2v) is 7.99. The van der Waals surface area contributed by atoms with E-state index >= 15 is 0 Å². The molecule has 192 valence electrons. The van der Waals surface area contributed by atoms with E-state index in [4.69, 9.17) is 9.47 Å². The van der Waals surface area contributed by atoms with E-state index in [1.165, 1.54) is 7.11 Å². The topological polar surface area (TPSA) is 102 Å². The Kier molecular flexibility index (Phi) is 7.71. The van der Waals surface area contributed by atoms with E-state index in [1.807, 2.05) is 30.3 Å². The number of carbonyl (C=O) groups excluding carboxylic acids is 2. The van der Waals surface area contributed by atoms with Crippen LogP contribution in [0.5, 0.6) is 11.5 Å². The summed E-state index contributed by atoms with van der Waals surface area (Å²) in [5.41, 5.74) is 1.61. The largest absolute Gasteiger partial charge is 0.496 e. The van der Waals surface area contributed by atoms with E-state index in [1.54, 1.807) is 35.8 Å². The van der Waals surface area contributed by atoms with Gasteiger partial charge in [0.1, 0.15) is 23.0 Å². The van der Waals surface area contributed by atoms with Crippen molar-refractivity contribution in [2.75, 3.05) is 26.8 Å². The second-order valence-electron chi connectivity index (χ2n) is 7.99. The third kappa shape index (κ3) is 6.05. The van der Waals surface area contributed by atoms with Gasteiger partial charge in [-0.25, -0.2) is 0 Å². The summed E-state index contributed by atoms with van der Waals surface area (Å²) in [6.45, 7) is 0.113. The van der Waals surface area contributed by atoms with Gasteiger partial charge in [0.05, 0.1) is 25.8 Å². The van der Waals surface area contributed by atoms with Crippen molar-refractivity contribution in [1.29, 1.82) is 0 Å². The lowest BCUT2D eigenvalue weighted by Crippen LogP contribution is -2.37. The van der Waals surface area contributed by atoms with Crippen LogP contribution in [-0.2, 0) is 4.79 Å². The van der Waals surface area contributed by atoms with E-state index in [0.717, 1.165) is 16.3 Å². The highest BCUT2D eigenvalue weighted by atomic mass is 19.4. The highest BCUT2D eigenvalue weighted by Gasteiger charge is 2.38. The first kappa shape index (κ1) is 25.7. The molecule has 3 aromatic rings. The van der Waals surface area contributed by atoms with Gasteiger partial charge in [0.2, 0.25) is 0 Å². The third-order valence-electron chi connectivity index (χ3n) is 5.51. The fourth-order valence-corrected chi connectivity index (χ4v) is 3.80. The number of aliphatic imine (C=N–C) groups is 1. The lowest BCUT2D eigenvalue weighted by atomic mass is 10.0. The number of halogens is 3. The van der Waals surface area contributed by atoms with Gasteiger partial charge in [-0.15, -0.1) is 0 Å². The van der Waals surface area contributed by atoms with Crippen LogP contribution >= 0.6 is 0 Å². The Bertz CT molecular complexity index is 1380. The maximum Gasteiger partial charge on any atom is 0.471 e. The van der Waals surface area contributed by atoms with Crippen molar-refractivity contribution in [3.8, 4) is 11.5 Å². The van der Waals surface area contributed by atoms with Gasteiger partial charge in [-0.05, 0) is 41.7 Å². The Morgan fingerprint density at radius 3 is 2.62 bits per heavy atom. The maximum atomic E-state index is 12.9. The standard InChI is InChI=1S/C26H23F3N4O4/c1-36-19-8-4-9-20(37-13-5-11-31-25(35)26(27,28)29)22(19)17-14-21(32-15-17)33-24(34)23-18-7-3-2-6-16(18)10-12-30-23/h2-4,6-10,12,14H,5,11,13,15H2,1H3,(H,31,35)(H,32,33,34). The molecule has 2 amide bonds. The van der Waals surface area contributed by atoms with Crippen LogP contribution in [0.25, 0.3) is 16.3 Å². The molecular weight excluding hydrogens is 489 g/mol. The molecule has 2 N–H and O–H groups in total. The average Bonchev–Trinajstić information content (AvgIpc) is 3.35. The quantitative estimate of drug-likeness (QED) is 0.446. The number of fused-ring (bicyclic) bond motifs is 1. The number of amides is 2. The van der Waals surface area contributed by atoms with Crippen LogP contribution in [0.15, 0.2) is 65.8 Å². The Balaban J connectivity index is 1.44. The number of alkyl halides is 3. The summed E-state index contributed by atoms with van der Waals surface area (Å²) in [6, 6.07) is 14.4. The van der Waals surface area contributed by atoms with Crippen molar-refractivity contribution in [2.24, 2.45) is 4.99 Å². The Hall–Kier alpha value is -4.41. The number of aromatic nitrogens is 1. The van der Waals surface area contributed by atoms with E-state index in [9.17, 15) is 22.8 Å². The second kappa shape index (κ2) is 11.1. The summed E-state index contributed by atoms with van der Waals surface area (Å²) < 4.78 is 48.2. The van der Waals surface area contributed by atoms with E-state index in [2.05, 4.69) is 15.3 Å². The van der Waals surface area contributed by atoms with Crippen molar-refractivity contribution in [3.05, 3.63) is 72.1 Å². The highest BCUT2D eigenvalue weighted by molar-refractivity contribution is 6.17. The summed E-state index contributed by atoms with van der Waals surface area (Å²) in [7, 11) is 1.50. The van der Waals surface area contributed by atoms with Crippen LogP contribution in [0.2, 0.25) is 0 Å². The zero-order valence-electron chi connectivity index (χ0n) is 19.8. The molecule has 0 fully saturated rings. The summed E-state index contributed by atoms with van der Waals surface area (Å²) in [6.07, 6.45) is -1.49. The number of carbonyl (C=O) groups is 2.